The number of rotatable bonds is 3. The maximum absolute atomic E-state index is 10.2. The zero-order valence-corrected chi connectivity index (χ0v) is 9.49. The van der Waals surface area contributed by atoms with Crippen LogP contribution in [0.15, 0.2) is 0 Å². The van der Waals surface area contributed by atoms with Gasteiger partial charge in [0.15, 0.2) is 0 Å². The molecule has 5 atom stereocenters. The van der Waals surface area contributed by atoms with Gasteiger partial charge in [-0.2, -0.15) is 0 Å². The lowest BCUT2D eigenvalue weighted by molar-refractivity contribution is 0.0939. The van der Waals surface area contributed by atoms with E-state index < -0.39 is 0 Å². The summed E-state index contributed by atoms with van der Waals surface area (Å²) in [7, 11) is 0. The van der Waals surface area contributed by atoms with Gasteiger partial charge in [-0.3, -0.25) is 0 Å². The Morgan fingerprint density at radius 2 is 2.13 bits per heavy atom. The Kier molecular flexibility index (Phi) is 2.73. The quantitative estimate of drug-likeness (QED) is 0.744. The Morgan fingerprint density at radius 3 is 2.73 bits per heavy atom. The molecule has 0 radical (unpaired) electrons. The van der Waals surface area contributed by atoms with E-state index in [2.05, 4.69) is 5.32 Å². The van der Waals surface area contributed by atoms with Gasteiger partial charge in [0.05, 0.1) is 6.10 Å². The first-order valence-electron chi connectivity index (χ1n) is 6.74. The van der Waals surface area contributed by atoms with E-state index in [4.69, 9.17) is 0 Å². The number of aliphatic hydroxyl groups excluding tert-OH is 1. The van der Waals surface area contributed by atoms with Crippen molar-refractivity contribution in [1.29, 1.82) is 0 Å². The number of hydrogen-bond acceptors (Lipinski definition) is 2. The highest BCUT2D eigenvalue weighted by Crippen LogP contribution is 2.50. The van der Waals surface area contributed by atoms with E-state index in [1.165, 1.54) is 38.5 Å². The minimum Gasteiger partial charge on any atom is -0.391 e. The van der Waals surface area contributed by atoms with E-state index in [0.717, 1.165) is 30.7 Å². The summed E-state index contributed by atoms with van der Waals surface area (Å²) in [6.07, 6.45) is 9.22. The van der Waals surface area contributed by atoms with Crippen LogP contribution in [-0.2, 0) is 0 Å². The smallest absolute Gasteiger partial charge is 0.0695 e. The van der Waals surface area contributed by atoms with Gasteiger partial charge in [0.2, 0.25) is 0 Å². The summed E-state index contributed by atoms with van der Waals surface area (Å²) in [6, 6.07) is 0.407. The molecule has 2 bridgehead atoms. The molecule has 2 nitrogen and oxygen atoms in total. The molecule has 3 rings (SSSR count). The van der Waals surface area contributed by atoms with Crippen molar-refractivity contribution >= 4 is 0 Å². The normalized spacial score (nSPS) is 46.2. The molecule has 3 aliphatic rings. The molecule has 1 heterocycles. The summed E-state index contributed by atoms with van der Waals surface area (Å²) in [5.74, 6) is 2.83. The van der Waals surface area contributed by atoms with E-state index in [0.29, 0.717) is 6.04 Å². The largest absolute Gasteiger partial charge is 0.391 e. The molecule has 2 heteroatoms. The molecule has 2 saturated carbocycles. The zero-order chi connectivity index (χ0) is 10.3. The Morgan fingerprint density at radius 1 is 1.20 bits per heavy atom. The average molecular weight is 209 g/mol. The van der Waals surface area contributed by atoms with Gasteiger partial charge in [0.25, 0.3) is 0 Å². The monoisotopic (exact) mass is 209 g/mol. The molecular weight excluding hydrogens is 186 g/mol. The molecule has 0 aromatic heterocycles. The molecule has 5 unspecified atom stereocenters. The second-order valence-electron chi connectivity index (χ2n) is 5.94. The number of hydrogen-bond donors (Lipinski definition) is 2. The summed E-state index contributed by atoms with van der Waals surface area (Å²) in [5, 5.41) is 13.6. The van der Waals surface area contributed by atoms with Crippen LogP contribution in [0.4, 0.5) is 0 Å². The van der Waals surface area contributed by atoms with Crippen LogP contribution in [0.2, 0.25) is 0 Å². The van der Waals surface area contributed by atoms with Gasteiger partial charge in [0.1, 0.15) is 0 Å². The van der Waals surface area contributed by atoms with Crippen LogP contribution < -0.4 is 5.32 Å². The SMILES string of the molecule is OC(CC1CC2CCC1C2)C1CCCN1. The molecule has 0 aromatic rings. The molecule has 2 N–H and O–H groups in total. The van der Waals surface area contributed by atoms with Crippen LogP contribution in [0.5, 0.6) is 0 Å². The van der Waals surface area contributed by atoms with Crippen molar-refractivity contribution in [3.63, 3.8) is 0 Å². The predicted molar refractivity (Wildman–Crippen MR) is 60.6 cm³/mol. The van der Waals surface area contributed by atoms with E-state index in [1.54, 1.807) is 0 Å². The third kappa shape index (κ3) is 1.94. The summed E-state index contributed by atoms with van der Waals surface area (Å²) < 4.78 is 0. The first-order chi connectivity index (χ1) is 7.33. The summed E-state index contributed by atoms with van der Waals surface area (Å²) >= 11 is 0. The molecule has 1 saturated heterocycles. The van der Waals surface area contributed by atoms with Crippen molar-refractivity contribution in [1.82, 2.24) is 5.32 Å². The fraction of sp³-hybridized carbons (Fsp3) is 1.00. The van der Waals surface area contributed by atoms with Crippen LogP contribution in [0, 0.1) is 17.8 Å². The van der Waals surface area contributed by atoms with Gasteiger partial charge in [-0.15, -0.1) is 0 Å². The fourth-order valence-electron chi connectivity index (χ4n) is 4.18. The lowest BCUT2D eigenvalue weighted by Gasteiger charge is -2.27. The second kappa shape index (κ2) is 4.06. The molecule has 0 spiro atoms. The van der Waals surface area contributed by atoms with Gasteiger partial charge in [-0.05, 0) is 62.8 Å². The van der Waals surface area contributed by atoms with Crippen LogP contribution in [0.25, 0.3) is 0 Å². The highest BCUT2D eigenvalue weighted by molar-refractivity contribution is 4.93. The third-order valence-corrected chi connectivity index (χ3v) is 4.99. The number of fused-ring (bicyclic) bond motifs is 2. The van der Waals surface area contributed by atoms with Crippen LogP contribution in [0.1, 0.15) is 44.9 Å². The molecule has 86 valence electrons. The van der Waals surface area contributed by atoms with Crippen molar-refractivity contribution in [2.45, 2.75) is 57.1 Å². The van der Waals surface area contributed by atoms with Gasteiger partial charge >= 0.3 is 0 Å². The molecule has 2 aliphatic carbocycles. The van der Waals surface area contributed by atoms with E-state index in [1.807, 2.05) is 0 Å². The molecule has 0 aromatic carbocycles. The van der Waals surface area contributed by atoms with Crippen molar-refractivity contribution in [2.75, 3.05) is 6.54 Å². The predicted octanol–water partition coefficient (Wildman–Crippen LogP) is 1.93. The van der Waals surface area contributed by atoms with E-state index >= 15 is 0 Å². The lowest BCUT2D eigenvalue weighted by Crippen LogP contribution is -2.36. The molecule has 0 amide bonds. The van der Waals surface area contributed by atoms with Gasteiger partial charge < -0.3 is 10.4 Å². The van der Waals surface area contributed by atoms with Crippen molar-refractivity contribution in [3.8, 4) is 0 Å². The second-order valence-corrected chi connectivity index (χ2v) is 5.94. The van der Waals surface area contributed by atoms with E-state index in [-0.39, 0.29) is 6.10 Å². The Balaban J connectivity index is 1.52. The van der Waals surface area contributed by atoms with Crippen LogP contribution in [-0.4, -0.2) is 23.8 Å². The zero-order valence-electron chi connectivity index (χ0n) is 9.49. The highest BCUT2D eigenvalue weighted by Gasteiger charge is 2.40. The minimum absolute atomic E-state index is 0.0724. The van der Waals surface area contributed by atoms with Crippen molar-refractivity contribution < 1.29 is 5.11 Å². The Hall–Kier alpha value is -0.0800. The van der Waals surface area contributed by atoms with E-state index in [9.17, 15) is 5.11 Å². The van der Waals surface area contributed by atoms with Crippen molar-refractivity contribution in [3.05, 3.63) is 0 Å². The summed E-state index contributed by atoms with van der Waals surface area (Å²) in [5.41, 5.74) is 0. The standard InChI is InChI=1S/C13H23NO/c15-13(12-2-1-5-14-12)8-11-7-9-3-4-10(11)6-9/h9-15H,1-8H2. The minimum atomic E-state index is -0.0724. The van der Waals surface area contributed by atoms with Crippen LogP contribution >= 0.6 is 0 Å². The fourth-order valence-corrected chi connectivity index (χ4v) is 4.18. The topological polar surface area (TPSA) is 32.3 Å². The third-order valence-electron chi connectivity index (χ3n) is 4.99. The van der Waals surface area contributed by atoms with Crippen LogP contribution in [0.3, 0.4) is 0 Å². The lowest BCUT2D eigenvalue weighted by atomic mass is 9.83. The maximum Gasteiger partial charge on any atom is 0.0695 e. The van der Waals surface area contributed by atoms with Gasteiger partial charge in [-0.1, -0.05) is 6.42 Å². The van der Waals surface area contributed by atoms with Gasteiger partial charge in [-0.25, -0.2) is 0 Å². The van der Waals surface area contributed by atoms with Crippen molar-refractivity contribution in [2.24, 2.45) is 17.8 Å². The molecule has 1 aliphatic heterocycles. The maximum atomic E-state index is 10.2. The molecule has 15 heavy (non-hydrogen) atoms. The summed E-state index contributed by atoms with van der Waals surface area (Å²) in [4.78, 5) is 0. The Bertz CT molecular complexity index is 225. The first-order valence-corrected chi connectivity index (χ1v) is 6.74. The summed E-state index contributed by atoms with van der Waals surface area (Å²) in [6.45, 7) is 1.11. The first kappa shape index (κ1) is 10.1. The Labute approximate surface area is 92.4 Å². The number of aliphatic hydroxyl groups is 1. The average Bonchev–Trinajstić information content (AvgIpc) is 2.95. The molecular formula is C13H23NO. The molecule has 3 fully saturated rings. The number of nitrogens with one attached hydrogen (secondary N) is 1. The van der Waals surface area contributed by atoms with Gasteiger partial charge in [0, 0.05) is 6.04 Å². The highest BCUT2D eigenvalue weighted by atomic mass is 16.3.